The molecule has 0 saturated carbocycles. The van der Waals surface area contributed by atoms with E-state index in [1.807, 2.05) is 0 Å². The van der Waals surface area contributed by atoms with Crippen molar-refractivity contribution in [1.29, 1.82) is 0 Å². The molecule has 0 aromatic carbocycles. The minimum Gasteiger partial charge on any atom is -0.481 e. The zero-order valence-corrected chi connectivity index (χ0v) is 11.7. The van der Waals surface area contributed by atoms with Crippen LogP contribution in [0.4, 0.5) is 0 Å². The molecule has 0 aliphatic carbocycles. The third-order valence-electron chi connectivity index (χ3n) is 2.74. The summed E-state index contributed by atoms with van der Waals surface area (Å²) in [7, 11) is 0. The molecule has 0 aromatic rings. The summed E-state index contributed by atoms with van der Waals surface area (Å²) in [5, 5.41) is 35.5. The van der Waals surface area contributed by atoms with Crippen LogP contribution in [-0.2, 0) is 9.59 Å². The molecule has 0 spiro atoms. The molecule has 1 heterocycles. The number of unbranched alkanes of at least 4 members (excludes halogenated alkanes) is 1. The fraction of sp³-hybridized carbons (Fsp3) is 0.583. The fourth-order valence-corrected chi connectivity index (χ4v) is 3.13. The number of carboxylic acid groups (broad SMARTS) is 2. The number of aliphatic hydroxyl groups is 2. The predicted molar refractivity (Wildman–Crippen MR) is 73.7 cm³/mol. The summed E-state index contributed by atoms with van der Waals surface area (Å²) in [6.07, 6.45) is 1.44. The Balaban J connectivity index is 2.96. The quantitative estimate of drug-likeness (QED) is 0.499. The van der Waals surface area contributed by atoms with Crippen LogP contribution in [0.15, 0.2) is 16.0 Å². The maximum absolute atomic E-state index is 11.1. The summed E-state index contributed by atoms with van der Waals surface area (Å²) >= 11 is 1.02. The van der Waals surface area contributed by atoms with Gasteiger partial charge >= 0.3 is 11.9 Å². The van der Waals surface area contributed by atoms with Gasteiger partial charge in [-0.2, -0.15) is 0 Å². The van der Waals surface area contributed by atoms with Gasteiger partial charge in [-0.3, -0.25) is 9.79 Å². The molecule has 0 bridgehead atoms. The largest absolute Gasteiger partial charge is 0.481 e. The summed E-state index contributed by atoms with van der Waals surface area (Å²) in [6, 6.07) is 0. The highest BCUT2D eigenvalue weighted by Gasteiger charge is 2.39. The number of aliphatic carboxylic acids is 2. The van der Waals surface area contributed by atoms with Gasteiger partial charge in [-0.1, -0.05) is 17.8 Å². The number of allylic oxidation sites excluding steroid dienone is 1. The summed E-state index contributed by atoms with van der Waals surface area (Å²) in [5.41, 5.74) is -0.190. The molecule has 1 rings (SSSR count). The van der Waals surface area contributed by atoms with Crippen molar-refractivity contribution in [3.05, 3.63) is 11.0 Å². The van der Waals surface area contributed by atoms with Crippen molar-refractivity contribution in [1.82, 2.24) is 0 Å². The van der Waals surface area contributed by atoms with Crippen LogP contribution in [0.2, 0.25) is 0 Å². The van der Waals surface area contributed by atoms with Crippen molar-refractivity contribution < 1.29 is 30.0 Å². The van der Waals surface area contributed by atoms with Crippen molar-refractivity contribution in [2.24, 2.45) is 10.9 Å². The molecular formula is C12H17NO6S. The first-order chi connectivity index (χ1) is 9.38. The zero-order chi connectivity index (χ0) is 15.3. The molecule has 4 N–H and O–H groups in total. The van der Waals surface area contributed by atoms with Gasteiger partial charge in [-0.05, 0) is 19.8 Å². The highest BCUT2D eigenvalue weighted by molar-refractivity contribution is 8.05. The van der Waals surface area contributed by atoms with E-state index >= 15 is 0 Å². The second-order valence-electron chi connectivity index (χ2n) is 4.33. The molecule has 3 atom stereocenters. The Morgan fingerprint density at radius 3 is 2.55 bits per heavy atom. The Morgan fingerprint density at radius 2 is 2.10 bits per heavy atom. The fourth-order valence-electron chi connectivity index (χ4n) is 1.75. The lowest BCUT2D eigenvalue weighted by atomic mass is 10.0. The minimum absolute atomic E-state index is 0.0111. The monoisotopic (exact) mass is 303 g/mol. The molecule has 0 unspecified atom stereocenters. The highest BCUT2D eigenvalue weighted by atomic mass is 32.2. The van der Waals surface area contributed by atoms with Gasteiger partial charge in [0.2, 0.25) is 0 Å². The van der Waals surface area contributed by atoms with Gasteiger partial charge in [0.25, 0.3) is 0 Å². The molecule has 1 aliphatic rings. The number of carboxylic acids is 2. The second-order valence-corrected chi connectivity index (χ2v) is 5.49. The van der Waals surface area contributed by atoms with E-state index in [0.29, 0.717) is 17.7 Å². The van der Waals surface area contributed by atoms with Gasteiger partial charge in [-0.25, -0.2) is 4.79 Å². The first kappa shape index (κ1) is 16.7. The van der Waals surface area contributed by atoms with E-state index in [9.17, 15) is 14.7 Å². The lowest BCUT2D eigenvalue weighted by molar-refractivity contribution is -0.145. The van der Waals surface area contributed by atoms with Crippen molar-refractivity contribution in [3.8, 4) is 0 Å². The Morgan fingerprint density at radius 1 is 1.45 bits per heavy atom. The Labute approximate surface area is 120 Å². The lowest BCUT2D eigenvalue weighted by Gasteiger charge is -2.18. The first-order valence-electron chi connectivity index (χ1n) is 6.08. The van der Waals surface area contributed by atoms with Crippen LogP contribution in [0, 0.1) is 5.92 Å². The summed E-state index contributed by atoms with van der Waals surface area (Å²) in [6.45, 7) is 1.33. The third-order valence-corrected chi connectivity index (χ3v) is 4.00. The third kappa shape index (κ3) is 4.06. The topological polar surface area (TPSA) is 127 Å². The Hall–Kier alpha value is -1.38. The van der Waals surface area contributed by atoms with Crippen molar-refractivity contribution in [2.75, 3.05) is 6.61 Å². The van der Waals surface area contributed by atoms with Crippen molar-refractivity contribution >= 4 is 29.4 Å². The molecular weight excluding hydrogens is 286 g/mol. The smallest absolute Gasteiger partial charge is 0.355 e. The molecule has 8 heteroatoms. The average Bonchev–Trinajstić information content (AvgIpc) is 2.72. The summed E-state index contributed by atoms with van der Waals surface area (Å²) in [4.78, 5) is 26.5. The Bertz CT molecular complexity index is 445. The molecule has 0 radical (unpaired) electrons. The number of thioether (sulfide) groups is 1. The number of rotatable bonds is 7. The van der Waals surface area contributed by atoms with Crippen LogP contribution in [-0.4, -0.2) is 56.2 Å². The van der Waals surface area contributed by atoms with E-state index in [1.54, 1.807) is 6.08 Å². The molecule has 20 heavy (non-hydrogen) atoms. The van der Waals surface area contributed by atoms with E-state index in [2.05, 4.69) is 4.99 Å². The second kappa shape index (κ2) is 7.41. The van der Waals surface area contributed by atoms with Crippen molar-refractivity contribution in [2.45, 2.75) is 31.2 Å². The number of hydrogen-bond acceptors (Lipinski definition) is 6. The van der Waals surface area contributed by atoms with Gasteiger partial charge in [0, 0.05) is 11.5 Å². The maximum Gasteiger partial charge on any atom is 0.355 e. The molecule has 0 amide bonds. The summed E-state index contributed by atoms with van der Waals surface area (Å²) in [5.74, 6) is -3.62. The molecule has 0 fully saturated rings. The number of aliphatic hydroxyl groups excluding tert-OH is 2. The van der Waals surface area contributed by atoms with Crippen molar-refractivity contribution in [3.63, 3.8) is 0 Å². The van der Waals surface area contributed by atoms with Gasteiger partial charge < -0.3 is 20.4 Å². The highest BCUT2D eigenvalue weighted by Crippen LogP contribution is 2.37. The van der Waals surface area contributed by atoms with E-state index in [1.165, 1.54) is 6.92 Å². The summed E-state index contributed by atoms with van der Waals surface area (Å²) < 4.78 is 0. The van der Waals surface area contributed by atoms with Crippen LogP contribution < -0.4 is 0 Å². The molecule has 7 nitrogen and oxygen atoms in total. The van der Waals surface area contributed by atoms with E-state index in [0.717, 1.165) is 11.8 Å². The molecule has 0 saturated heterocycles. The van der Waals surface area contributed by atoms with Crippen LogP contribution in [0.5, 0.6) is 0 Å². The Kier molecular flexibility index (Phi) is 6.18. The predicted octanol–water partition coefficient (Wildman–Crippen LogP) is 0.323. The SMILES string of the molecule is C[C@@H](O)[C@@H](C(=O)O)[C@H]1N=C(C(=O)O)/C(=C\CCCO)S1. The maximum atomic E-state index is 11.1. The first-order valence-corrected chi connectivity index (χ1v) is 6.96. The molecule has 0 aromatic heterocycles. The minimum atomic E-state index is -1.23. The zero-order valence-electron chi connectivity index (χ0n) is 10.9. The van der Waals surface area contributed by atoms with Crippen LogP contribution in [0.3, 0.4) is 0 Å². The van der Waals surface area contributed by atoms with Gasteiger partial charge in [0.1, 0.15) is 11.3 Å². The number of aliphatic imine (C=N–C) groups is 1. The number of hydrogen-bond donors (Lipinski definition) is 4. The normalized spacial score (nSPS) is 23.4. The van der Waals surface area contributed by atoms with Crippen LogP contribution >= 0.6 is 11.8 Å². The van der Waals surface area contributed by atoms with Crippen LogP contribution in [0.1, 0.15) is 19.8 Å². The lowest BCUT2D eigenvalue weighted by Crippen LogP contribution is -2.33. The van der Waals surface area contributed by atoms with Gasteiger partial charge in [-0.15, -0.1) is 0 Å². The molecule has 112 valence electrons. The van der Waals surface area contributed by atoms with Gasteiger partial charge in [0.05, 0.1) is 6.10 Å². The van der Waals surface area contributed by atoms with E-state index in [-0.39, 0.29) is 12.3 Å². The van der Waals surface area contributed by atoms with Gasteiger partial charge in [0.15, 0.2) is 5.71 Å². The van der Waals surface area contributed by atoms with E-state index in [4.69, 9.17) is 15.3 Å². The average molecular weight is 303 g/mol. The van der Waals surface area contributed by atoms with Crippen LogP contribution in [0.25, 0.3) is 0 Å². The standard InChI is InChI=1S/C12H17NO6S/c1-6(15)8(11(16)17)10-13-9(12(18)19)7(20-10)4-2-3-5-14/h4,6,8,10,14-15H,2-3,5H2,1H3,(H,16,17)(H,18,19)/b7-4+/t6-,8-,10+/m1/s1. The van der Waals surface area contributed by atoms with E-state index < -0.39 is 29.3 Å². The molecule has 1 aliphatic heterocycles. The number of carbonyl (C=O) groups is 2. The number of nitrogens with zero attached hydrogens (tertiary/aromatic N) is 1.